The summed E-state index contributed by atoms with van der Waals surface area (Å²) < 4.78 is 0. The van der Waals surface area contributed by atoms with Gasteiger partial charge in [0.2, 0.25) is 5.95 Å². The fourth-order valence-electron chi connectivity index (χ4n) is 4.24. The zero-order valence-corrected chi connectivity index (χ0v) is 20.1. The SMILES string of the molecule is O=C1NC(=O)/C(=C\c2ccnc(NC3CCC(NCc4cccc(-c5cccs5)c4)CC3)n2)S1. The van der Waals surface area contributed by atoms with Crippen molar-refractivity contribution < 1.29 is 9.59 Å². The molecule has 2 aliphatic rings. The van der Waals surface area contributed by atoms with E-state index in [1.165, 1.54) is 16.0 Å². The first-order chi connectivity index (χ1) is 16.6. The zero-order chi connectivity index (χ0) is 23.3. The molecule has 3 aromatic rings. The Kier molecular flexibility index (Phi) is 7.03. The van der Waals surface area contributed by atoms with E-state index in [2.05, 4.69) is 67.7 Å². The van der Waals surface area contributed by atoms with Gasteiger partial charge in [0.15, 0.2) is 0 Å². The van der Waals surface area contributed by atoms with Crippen LogP contribution in [0.1, 0.15) is 36.9 Å². The van der Waals surface area contributed by atoms with E-state index in [1.807, 2.05) is 0 Å². The number of benzene rings is 1. The Morgan fingerprint density at radius 1 is 1.06 bits per heavy atom. The molecule has 1 saturated heterocycles. The number of carbonyl (C=O) groups is 2. The molecule has 1 aromatic carbocycles. The number of aromatic nitrogens is 2. The van der Waals surface area contributed by atoms with Crippen molar-refractivity contribution in [3.05, 3.63) is 70.2 Å². The van der Waals surface area contributed by atoms with Crippen LogP contribution in [0, 0.1) is 0 Å². The predicted octanol–water partition coefficient (Wildman–Crippen LogP) is 5.04. The summed E-state index contributed by atoms with van der Waals surface area (Å²) in [4.78, 5) is 33.6. The molecule has 0 bridgehead atoms. The van der Waals surface area contributed by atoms with Gasteiger partial charge in [-0.1, -0.05) is 24.3 Å². The molecule has 9 heteroatoms. The maximum Gasteiger partial charge on any atom is 0.290 e. The summed E-state index contributed by atoms with van der Waals surface area (Å²) in [6.07, 6.45) is 7.53. The van der Waals surface area contributed by atoms with Crippen molar-refractivity contribution in [2.75, 3.05) is 5.32 Å². The van der Waals surface area contributed by atoms with Gasteiger partial charge in [0.25, 0.3) is 11.1 Å². The number of rotatable bonds is 7. The van der Waals surface area contributed by atoms with Gasteiger partial charge in [-0.05, 0) is 78.2 Å². The molecule has 1 aliphatic heterocycles. The average molecular weight is 492 g/mol. The molecule has 0 atom stereocenters. The minimum atomic E-state index is -0.382. The molecule has 2 aromatic heterocycles. The first-order valence-corrected chi connectivity index (χ1v) is 13.0. The van der Waals surface area contributed by atoms with Gasteiger partial charge in [-0.25, -0.2) is 9.97 Å². The summed E-state index contributed by atoms with van der Waals surface area (Å²) in [6.45, 7) is 0.871. The third kappa shape index (κ3) is 5.72. The van der Waals surface area contributed by atoms with Crippen LogP contribution in [0.2, 0.25) is 0 Å². The number of amides is 2. The van der Waals surface area contributed by atoms with Crippen molar-refractivity contribution in [2.24, 2.45) is 0 Å². The number of nitrogens with one attached hydrogen (secondary N) is 3. The lowest BCUT2D eigenvalue weighted by molar-refractivity contribution is -0.115. The first kappa shape index (κ1) is 22.8. The van der Waals surface area contributed by atoms with E-state index in [0.29, 0.717) is 28.6 Å². The first-order valence-electron chi connectivity index (χ1n) is 11.3. The maximum atomic E-state index is 11.8. The maximum absolute atomic E-state index is 11.8. The van der Waals surface area contributed by atoms with Gasteiger partial charge in [0.05, 0.1) is 10.6 Å². The van der Waals surface area contributed by atoms with Crippen LogP contribution in [0.25, 0.3) is 16.5 Å². The third-order valence-electron chi connectivity index (χ3n) is 5.99. The number of anilines is 1. The molecule has 7 nitrogen and oxygen atoms in total. The molecule has 0 radical (unpaired) electrons. The van der Waals surface area contributed by atoms with Gasteiger partial charge in [-0.2, -0.15) is 0 Å². The summed E-state index contributed by atoms with van der Waals surface area (Å²) >= 11 is 2.65. The number of carbonyl (C=O) groups excluding carboxylic acids is 2. The number of thioether (sulfide) groups is 1. The van der Waals surface area contributed by atoms with Crippen molar-refractivity contribution in [2.45, 2.75) is 44.3 Å². The van der Waals surface area contributed by atoms with E-state index in [-0.39, 0.29) is 11.1 Å². The second-order valence-corrected chi connectivity index (χ2v) is 10.4. The second-order valence-electron chi connectivity index (χ2n) is 8.41. The van der Waals surface area contributed by atoms with E-state index >= 15 is 0 Å². The molecule has 5 rings (SSSR count). The lowest BCUT2D eigenvalue weighted by Crippen LogP contribution is -2.36. The van der Waals surface area contributed by atoms with E-state index < -0.39 is 0 Å². The van der Waals surface area contributed by atoms with Crippen molar-refractivity contribution in [1.29, 1.82) is 0 Å². The molecule has 174 valence electrons. The van der Waals surface area contributed by atoms with Gasteiger partial charge >= 0.3 is 0 Å². The molecular weight excluding hydrogens is 466 g/mol. The second kappa shape index (κ2) is 10.5. The van der Waals surface area contributed by atoms with Crippen molar-refractivity contribution in [3.63, 3.8) is 0 Å². The summed E-state index contributed by atoms with van der Waals surface area (Å²) in [5.74, 6) is 0.165. The lowest BCUT2D eigenvalue weighted by atomic mass is 9.91. The van der Waals surface area contributed by atoms with Crippen LogP contribution in [-0.4, -0.2) is 33.2 Å². The van der Waals surface area contributed by atoms with Crippen LogP contribution in [0.3, 0.4) is 0 Å². The highest BCUT2D eigenvalue weighted by molar-refractivity contribution is 8.18. The van der Waals surface area contributed by atoms with Crippen LogP contribution in [-0.2, 0) is 11.3 Å². The fourth-order valence-corrected chi connectivity index (χ4v) is 5.63. The number of nitrogens with zero attached hydrogens (tertiary/aromatic N) is 2. The number of hydrogen-bond donors (Lipinski definition) is 3. The van der Waals surface area contributed by atoms with E-state index in [1.54, 1.807) is 29.7 Å². The van der Waals surface area contributed by atoms with E-state index in [9.17, 15) is 9.59 Å². The lowest BCUT2D eigenvalue weighted by Gasteiger charge is -2.30. The topological polar surface area (TPSA) is 96.0 Å². The largest absolute Gasteiger partial charge is 0.351 e. The fraction of sp³-hybridized carbons (Fsp3) is 0.280. The van der Waals surface area contributed by atoms with Crippen LogP contribution >= 0.6 is 23.1 Å². The predicted molar refractivity (Wildman–Crippen MR) is 137 cm³/mol. The molecule has 1 aliphatic carbocycles. The molecule has 1 saturated carbocycles. The smallest absolute Gasteiger partial charge is 0.290 e. The van der Waals surface area contributed by atoms with E-state index in [4.69, 9.17) is 0 Å². The van der Waals surface area contributed by atoms with Crippen LogP contribution < -0.4 is 16.0 Å². The Hall–Kier alpha value is -3.01. The number of thiophene rings is 1. The van der Waals surface area contributed by atoms with Gasteiger partial charge in [-0.3, -0.25) is 14.9 Å². The van der Waals surface area contributed by atoms with Crippen molar-refractivity contribution in [3.8, 4) is 10.4 Å². The molecule has 3 heterocycles. The third-order valence-corrected chi connectivity index (χ3v) is 7.72. The molecule has 0 spiro atoms. The van der Waals surface area contributed by atoms with E-state index in [0.717, 1.165) is 44.0 Å². The van der Waals surface area contributed by atoms with Crippen molar-refractivity contribution >= 4 is 46.3 Å². The van der Waals surface area contributed by atoms with Crippen LogP contribution in [0.15, 0.2) is 58.9 Å². The molecule has 0 unspecified atom stereocenters. The summed E-state index contributed by atoms with van der Waals surface area (Å²) in [7, 11) is 0. The average Bonchev–Trinajstić information content (AvgIpc) is 3.49. The Labute approximate surface area is 206 Å². The Bertz CT molecular complexity index is 1200. The van der Waals surface area contributed by atoms with Crippen LogP contribution in [0.5, 0.6) is 0 Å². The number of hydrogen-bond acceptors (Lipinski definition) is 8. The highest BCUT2D eigenvalue weighted by Gasteiger charge is 2.25. The van der Waals surface area contributed by atoms with Crippen molar-refractivity contribution in [1.82, 2.24) is 20.6 Å². The standard InChI is InChI=1S/C25H25N5O2S2/c31-23-22(34-25(32)30-23)14-20-10-11-26-24(29-20)28-19-8-6-18(7-9-19)27-15-16-3-1-4-17(13-16)21-5-2-12-33-21/h1-5,10-14,18-19,27H,6-9,15H2,(H,26,28,29)(H,30,31,32)/b22-14+. The molecule has 2 fully saturated rings. The quantitative estimate of drug-likeness (QED) is 0.398. The highest BCUT2D eigenvalue weighted by Crippen LogP contribution is 2.27. The minimum Gasteiger partial charge on any atom is -0.351 e. The van der Waals surface area contributed by atoms with Gasteiger partial charge < -0.3 is 10.6 Å². The summed E-state index contributed by atoms with van der Waals surface area (Å²) in [6, 6.07) is 15.5. The minimum absolute atomic E-state index is 0.314. The summed E-state index contributed by atoms with van der Waals surface area (Å²) in [5.41, 5.74) is 3.19. The molecular formula is C25H25N5O2S2. The number of imide groups is 1. The zero-order valence-electron chi connectivity index (χ0n) is 18.5. The Morgan fingerprint density at radius 3 is 2.68 bits per heavy atom. The Balaban J connectivity index is 1.11. The normalized spacial score (nSPS) is 21.6. The van der Waals surface area contributed by atoms with Gasteiger partial charge in [-0.15, -0.1) is 11.3 Å². The highest BCUT2D eigenvalue weighted by atomic mass is 32.2. The van der Waals surface area contributed by atoms with Crippen LogP contribution in [0.4, 0.5) is 10.7 Å². The van der Waals surface area contributed by atoms with Gasteiger partial charge in [0, 0.05) is 29.7 Å². The Morgan fingerprint density at radius 2 is 1.91 bits per heavy atom. The van der Waals surface area contributed by atoms with Gasteiger partial charge in [0.1, 0.15) is 0 Å². The molecule has 2 amide bonds. The molecule has 3 N–H and O–H groups in total. The monoisotopic (exact) mass is 491 g/mol. The summed E-state index contributed by atoms with van der Waals surface area (Å²) in [5, 5.41) is 11.2. The molecule has 34 heavy (non-hydrogen) atoms.